The highest BCUT2D eigenvalue weighted by atomic mass is 19.1. The molecule has 0 aliphatic rings. The largest absolute Gasteiger partial charge is 0.207 e. The molecule has 0 aliphatic heterocycles. The molecule has 0 spiro atoms. The molecule has 0 aliphatic carbocycles. The zero-order valence-corrected chi connectivity index (χ0v) is 39.6. The summed E-state index contributed by atoms with van der Waals surface area (Å²) in [6.45, 7) is 3.84. The Morgan fingerprint density at radius 3 is 1.18 bits per heavy atom. The van der Waals surface area contributed by atoms with Crippen LogP contribution in [0.25, 0.3) is 108 Å². The third-order valence-corrected chi connectivity index (χ3v) is 12.3. The van der Waals surface area contributed by atoms with Crippen molar-refractivity contribution < 1.29 is 8.78 Å². The predicted molar refractivity (Wildman–Crippen MR) is 304 cm³/mol. The normalized spacial score (nSPS) is 9.50. The van der Waals surface area contributed by atoms with Crippen molar-refractivity contribution in [2.75, 3.05) is 0 Å². The first-order valence-electron chi connectivity index (χ1n) is 23.0. The molecule has 0 amide bonds. The lowest BCUT2D eigenvalue weighted by Gasteiger charge is -2.17. The highest BCUT2D eigenvalue weighted by Gasteiger charge is 2.25. The van der Waals surface area contributed by atoms with E-state index >= 15 is 0 Å². The molecular formula is C72H30F2. The van der Waals surface area contributed by atoms with Crippen molar-refractivity contribution in [1.82, 2.24) is 0 Å². The number of halogens is 2. The summed E-state index contributed by atoms with van der Waals surface area (Å²) in [4.78, 5) is 0. The van der Waals surface area contributed by atoms with E-state index in [2.05, 4.69) is 234 Å². The highest BCUT2D eigenvalue weighted by molar-refractivity contribution is 6.42. The maximum atomic E-state index is 14.5. The van der Waals surface area contributed by atoms with Gasteiger partial charge in [0.15, 0.2) is 0 Å². The first kappa shape index (κ1) is 46.3. The topological polar surface area (TPSA) is 0 Å². The minimum absolute atomic E-state index is 0.261. The molecule has 0 fully saturated rings. The number of hydrogen-bond donors (Lipinski definition) is 0. The standard InChI is InChI=1S/C47H26F2.C25H4/c1-25-11-12-29-22-39-38-24-41-40(23-37(38)33-8-4-7-32(45(33)39)36(29)21-25)43(27-13-17-30(48)18-14-27)46-34-9-2-5-26-6-3-10-35(42(26)34)47(46)44(41)28-15-19-31(49)20-16-28;1-3-5-7-9-11-13-15-17-19-21-23-25-24-22-20-18-16-14-12-10-8-6-4-2/h2-24H,1H3;1H,2H3. The monoisotopic (exact) mass is 932 g/mol. The zero-order chi connectivity index (χ0) is 50.8. The summed E-state index contributed by atoms with van der Waals surface area (Å²) in [7, 11) is 0. The molecule has 11 rings (SSSR count). The van der Waals surface area contributed by atoms with Crippen LogP contribution in [0.2, 0.25) is 0 Å². The summed E-state index contributed by atoms with van der Waals surface area (Å²) < 4.78 is 29.0. The minimum atomic E-state index is -0.261. The van der Waals surface area contributed by atoms with E-state index in [1.54, 1.807) is 31.2 Å². The Balaban J connectivity index is 0.000000215. The zero-order valence-electron chi connectivity index (χ0n) is 39.6. The summed E-state index contributed by atoms with van der Waals surface area (Å²) in [5.41, 5.74) is 5.35. The van der Waals surface area contributed by atoms with E-state index in [4.69, 9.17) is 6.42 Å². The Morgan fingerprint density at radius 1 is 0.311 bits per heavy atom. The van der Waals surface area contributed by atoms with Crippen LogP contribution in [0, 0.1) is 161 Å². The molecule has 0 atom stereocenters. The molecule has 0 nitrogen and oxygen atoms in total. The van der Waals surface area contributed by atoms with E-state index in [1.165, 1.54) is 70.2 Å². The lowest BCUT2D eigenvalue weighted by atomic mass is 9.85. The van der Waals surface area contributed by atoms with Crippen molar-refractivity contribution in [1.29, 1.82) is 0 Å². The Hall–Kier alpha value is -11.4. The summed E-state index contributed by atoms with van der Waals surface area (Å²) in [6.07, 6.45) is 4.91. The Bertz CT molecular complexity index is 4980. The molecule has 74 heavy (non-hydrogen) atoms. The third-order valence-electron chi connectivity index (χ3n) is 12.3. The number of rotatable bonds is 2. The van der Waals surface area contributed by atoms with Gasteiger partial charge in [-0.1, -0.05) is 109 Å². The van der Waals surface area contributed by atoms with E-state index in [9.17, 15) is 8.78 Å². The molecule has 11 aromatic carbocycles. The second kappa shape index (κ2) is 21.1. The second-order valence-electron chi connectivity index (χ2n) is 16.6. The fourth-order valence-corrected chi connectivity index (χ4v) is 9.56. The Labute approximate surface area is 428 Å². The van der Waals surface area contributed by atoms with E-state index in [0.29, 0.717) is 0 Å². The maximum Gasteiger partial charge on any atom is 0.123 e. The van der Waals surface area contributed by atoms with Crippen LogP contribution >= 0.6 is 0 Å². The van der Waals surface area contributed by atoms with Gasteiger partial charge in [0.05, 0.1) is 0 Å². The van der Waals surface area contributed by atoms with Gasteiger partial charge in [-0.25, -0.2) is 8.78 Å². The highest BCUT2D eigenvalue weighted by Crippen LogP contribution is 2.53. The molecule has 332 valence electrons. The number of aryl methyl sites for hydroxylation is 1. The smallest absolute Gasteiger partial charge is 0.123 e. The molecular weight excluding hydrogens is 903 g/mol. The van der Waals surface area contributed by atoms with Gasteiger partial charge < -0.3 is 0 Å². The number of hydrogen-bond acceptors (Lipinski definition) is 0. The molecule has 0 saturated carbocycles. The van der Waals surface area contributed by atoms with E-state index in [0.717, 1.165) is 43.8 Å². The average Bonchev–Trinajstić information content (AvgIpc) is 4.00. The average molecular weight is 933 g/mol. The van der Waals surface area contributed by atoms with Crippen LogP contribution in [0.1, 0.15) is 12.5 Å². The second-order valence-corrected chi connectivity index (χ2v) is 16.6. The van der Waals surface area contributed by atoms with E-state index < -0.39 is 0 Å². The number of benzene rings is 9. The van der Waals surface area contributed by atoms with Crippen molar-refractivity contribution in [3.05, 3.63) is 157 Å². The van der Waals surface area contributed by atoms with Gasteiger partial charge in [0.25, 0.3) is 0 Å². The molecule has 0 N–H and O–H groups in total. The first-order valence-corrected chi connectivity index (χ1v) is 23.0. The fraction of sp³-hybridized carbons (Fsp3) is 0.0278. The summed E-state index contributed by atoms with van der Waals surface area (Å²) in [5.74, 6) is 56.4. The van der Waals surface area contributed by atoms with Crippen molar-refractivity contribution in [2.24, 2.45) is 0 Å². The van der Waals surface area contributed by atoms with E-state index in [1.807, 2.05) is 24.3 Å². The molecule has 11 aromatic rings. The number of terminal acetylenes is 1. The third kappa shape index (κ3) is 9.12. The molecule has 0 heterocycles. The number of fused-ring (bicyclic) bond motifs is 9. The van der Waals surface area contributed by atoms with Gasteiger partial charge >= 0.3 is 0 Å². The van der Waals surface area contributed by atoms with Crippen LogP contribution in [0.5, 0.6) is 0 Å². The molecule has 0 aromatic heterocycles. The van der Waals surface area contributed by atoms with Gasteiger partial charge in [-0.2, -0.15) is 0 Å². The predicted octanol–water partition coefficient (Wildman–Crippen LogP) is 14.4. The summed E-state index contributed by atoms with van der Waals surface area (Å²) in [5, 5.41) is 19.1. The Kier molecular flexibility index (Phi) is 13.2. The van der Waals surface area contributed by atoms with Gasteiger partial charge in [0, 0.05) is 35.5 Å². The van der Waals surface area contributed by atoms with Crippen LogP contribution in [0.15, 0.2) is 140 Å². The van der Waals surface area contributed by atoms with Crippen molar-refractivity contribution in [2.45, 2.75) is 13.8 Å². The van der Waals surface area contributed by atoms with Crippen molar-refractivity contribution in [3.63, 3.8) is 0 Å². The van der Waals surface area contributed by atoms with Crippen molar-refractivity contribution in [3.8, 4) is 165 Å². The molecule has 2 heteroatoms. The van der Waals surface area contributed by atoms with Gasteiger partial charge in [-0.3, -0.25) is 0 Å². The molecule has 0 saturated heterocycles. The van der Waals surface area contributed by atoms with Crippen molar-refractivity contribution >= 4 is 86.2 Å². The minimum Gasteiger partial charge on any atom is -0.207 e. The molecule has 0 bridgehead atoms. The SMILES string of the molecule is C#CC#CC#CC#CC#CC#CC#CC#CC#CC#CC#CC#CC.Cc1ccc2cc3c4cc5c(-c6ccc(F)cc6)c6c7cccc8cccc(c6c(-c6ccc(F)cc6)c5cc4c4cccc(c2c1)c43)c87. The van der Waals surface area contributed by atoms with Crippen LogP contribution in [0.4, 0.5) is 8.78 Å². The van der Waals surface area contributed by atoms with E-state index in [-0.39, 0.29) is 11.6 Å². The Morgan fingerprint density at radius 2 is 0.716 bits per heavy atom. The van der Waals surface area contributed by atoms with Crippen LogP contribution < -0.4 is 0 Å². The summed E-state index contributed by atoms with van der Waals surface area (Å²) in [6, 6.07) is 47.3. The lowest BCUT2D eigenvalue weighted by Crippen LogP contribution is -1.90. The van der Waals surface area contributed by atoms with Gasteiger partial charge in [-0.05, 0) is 259 Å². The van der Waals surface area contributed by atoms with Gasteiger partial charge in [0.2, 0.25) is 0 Å². The fourth-order valence-electron chi connectivity index (χ4n) is 9.56. The molecule has 0 radical (unpaired) electrons. The molecule has 0 unspecified atom stereocenters. The van der Waals surface area contributed by atoms with Crippen LogP contribution in [0.3, 0.4) is 0 Å². The van der Waals surface area contributed by atoms with Gasteiger partial charge in [-0.15, -0.1) is 6.42 Å². The lowest BCUT2D eigenvalue weighted by molar-refractivity contribution is 0.627. The quantitative estimate of drug-likeness (QED) is 0.120. The van der Waals surface area contributed by atoms with Crippen LogP contribution in [-0.2, 0) is 0 Å². The summed E-state index contributed by atoms with van der Waals surface area (Å²) >= 11 is 0. The van der Waals surface area contributed by atoms with Crippen LogP contribution in [-0.4, -0.2) is 0 Å². The maximum absolute atomic E-state index is 14.5. The first-order chi connectivity index (χ1) is 36.4. The van der Waals surface area contributed by atoms with Gasteiger partial charge in [0.1, 0.15) is 11.6 Å².